The van der Waals surface area contributed by atoms with E-state index in [0.717, 1.165) is 10.6 Å². The van der Waals surface area contributed by atoms with Gasteiger partial charge in [-0.1, -0.05) is 5.16 Å². The lowest BCUT2D eigenvalue weighted by Crippen LogP contribution is -1.84. The van der Waals surface area contributed by atoms with E-state index in [1.54, 1.807) is 18.0 Å². The Balaban J connectivity index is 2.51. The minimum atomic E-state index is 0.512. The van der Waals surface area contributed by atoms with Gasteiger partial charge in [-0.2, -0.15) is 4.98 Å². The second-order valence-electron chi connectivity index (χ2n) is 2.31. The average molecular weight is 193 g/mol. The molecule has 2 aromatic heterocycles. The van der Waals surface area contributed by atoms with Crippen LogP contribution in [-0.2, 0) is 0 Å². The summed E-state index contributed by atoms with van der Waals surface area (Å²) in [6.07, 6.45) is 5.08. The number of thioether (sulfide) groups is 1. The van der Waals surface area contributed by atoms with Crippen LogP contribution in [0.2, 0.25) is 0 Å². The van der Waals surface area contributed by atoms with Crippen LogP contribution in [0.4, 0.5) is 0 Å². The summed E-state index contributed by atoms with van der Waals surface area (Å²) >= 11 is 1.55. The Morgan fingerprint density at radius 3 is 3.00 bits per heavy atom. The van der Waals surface area contributed by atoms with Crippen LogP contribution < -0.4 is 0 Å². The first-order valence-electron chi connectivity index (χ1n) is 3.68. The molecule has 13 heavy (non-hydrogen) atoms. The maximum absolute atomic E-state index is 4.95. The largest absolute Gasteiger partial charge is 0.334 e. The Kier molecular flexibility index (Phi) is 2.27. The predicted octanol–water partition coefficient (Wildman–Crippen LogP) is 1.85. The highest BCUT2D eigenvalue weighted by Crippen LogP contribution is 2.25. The first-order chi connectivity index (χ1) is 6.42. The van der Waals surface area contributed by atoms with E-state index in [0.29, 0.717) is 5.89 Å². The molecule has 0 bridgehead atoms. The highest BCUT2D eigenvalue weighted by Gasteiger charge is 2.08. The van der Waals surface area contributed by atoms with Gasteiger partial charge in [-0.05, 0) is 18.4 Å². The fourth-order valence-electron chi connectivity index (χ4n) is 1.01. The van der Waals surface area contributed by atoms with Crippen molar-refractivity contribution in [2.45, 2.75) is 5.03 Å². The van der Waals surface area contributed by atoms with Crippen molar-refractivity contribution in [2.75, 3.05) is 6.26 Å². The lowest BCUT2D eigenvalue weighted by Gasteiger charge is -1.99. The van der Waals surface area contributed by atoms with Gasteiger partial charge in [0.25, 0.3) is 5.89 Å². The lowest BCUT2D eigenvalue weighted by atomic mass is 10.3. The maximum atomic E-state index is 4.95. The quantitative estimate of drug-likeness (QED) is 0.681. The zero-order chi connectivity index (χ0) is 9.10. The Morgan fingerprint density at radius 2 is 2.31 bits per heavy atom. The van der Waals surface area contributed by atoms with E-state index in [-0.39, 0.29) is 0 Å². The van der Waals surface area contributed by atoms with E-state index in [1.165, 1.54) is 6.33 Å². The summed E-state index contributed by atoms with van der Waals surface area (Å²) in [6, 6.07) is 3.76. The Hall–Kier alpha value is -1.36. The Labute approximate surface area is 79.4 Å². The number of hydrogen-bond donors (Lipinski definition) is 0. The minimum Gasteiger partial charge on any atom is -0.334 e. The molecule has 0 aromatic carbocycles. The van der Waals surface area contributed by atoms with Crippen molar-refractivity contribution in [2.24, 2.45) is 0 Å². The fraction of sp³-hybridized carbons (Fsp3) is 0.125. The van der Waals surface area contributed by atoms with Gasteiger partial charge in [0.2, 0.25) is 0 Å². The molecular weight excluding hydrogens is 186 g/mol. The normalized spacial score (nSPS) is 10.2. The second kappa shape index (κ2) is 3.57. The molecule has 0 aliphatic rings. The third-order valence-electron chi connectivity index (χ3n) is 1.56. The molecule has 2 aromatic rings. The van der Waals surface area contributed by atoms with Gasteiger partial charge in [-0.3, -0.25) is 0 Å². The molecule has 2 heterocycles. The number of aromatic nitrogens is 3. The topological polar surface area (TPSA) is 51.8 Å². The zero-order valence-corrected chi connectivity index (χ0v) is 7.78. The predicted molar refractivity (Wildman–Crippen MR) is 49.3 cm³/mol. The van der Waals surface area contributed by atoms with Gasteiger partial charge in [0.05, 0.1) is 5.56 Å². The van der Waals surface area contributed by atoms with Crippen LogP contribution in [0.15, 0.2) is 34.2 Å². The van der Waals surface area contributed by atoms with Crippen molar-refractivity contribution in [3.8, 4) is 11.5 Å². The first kappa shape index (κ1) is 8.25. The lowest BCUT2D eigenvalue weighted by molar-refractivity contribution is 0.429. The number of nitrogens with zero attached hydrogens (tertiary/aromatic N) is 3. The summed E-state index contributed by atoms with van der Waals surface area (Å²) in [7, 11) is 0. The molecule has 0 amide bonds. The van der Waals surface area contributed by atoms with Crippen LogP contribution in [0, 0.1) is 0 Å². The van der Waals surface area contributed by atoms with E-state index in [2.05, 4.69) is 15.1 Å². The maximum Gasteiger partial charge on any atom is 0.260 e. The molecule has 0 aliphatic carbocycles. The molecule has 4 nitrogen and oxygen atoms in total. The van der Waals surface area contributed by atoms with Crippen LogP contribution >= 0.6 is 11.8 Å². The number of hydrogen-bond acceptors (Lipinski definition) is 5. The summed E-state index contributed by atoms with van der Waals surface area (Å²) < 4.78 is 4.95. The SMILES string of the molecule is CSc1ncccc1-c1ncno1. The van der Waals surface area contributed by atoms with E-state index in [1.807, 2.05) is 18.4 Å². The van der Waals surface area contributed by atoms with Gasteiger partial charge >= 0.3 is 0 Å². The van der Waals surface area contributed by atoms with Gasteiger partial charge < -0.3 is 4.52 Å². The minimum absolute atomic E-state index is 0.512. The Morgan fingerprint density at radius 1 is 1.38 bits per heavy atom. The molecule has 0 spiro atoms. The monoisotopic (exact) mass is 193 g/mol. The standard InChI is InChI=1S/C8H7N3OS/c1-13-8-6(3-2-4-9-8)7-10-5-11-12-7/h2-5H,1H3. The highest BCUT2D eigenvalue weighted by atomic mass is 32.2. The smallest absolute Gasteiger partial charge is 0.260 e. The van der Waals surface area contributed by atoms with Crippen LogP contribution in [-0.4, -0.2) is 21.4 Å². The molecule has 66 valence electrons. The fourth-order valence-corrected chi connectivity index (χ4v) is 1.55. The van der Waals surface area contributed by atoms with Gasteiger partial charge in [0, 0.05) is 6.20 Å². The van der Waals surface area contributed by atoms with E-state index >= 15 is 0 Å². The number of pyridine rings is 1. The van der Waals surface area contributed by atoms with Crippen molar-refractivity contribution in [3.63, 3.8) is 0 Å². The van der Waals surface area contributed by atoms with Gasteiger partial charge in [0.15, 0.2) is 6.33 Å². The van der Waals surface area contributed by atoms with Crippen LogP contribution in [0.25, 0.3) is 11.5 Å². The molecule has 5 heteroatoms. The molecule has 0 saturated heterocycles. The van der Waals surface area contributed by atoms with Crippen LogP contribution in [0.5, 0.6) is 0 Å². The summed E-state index contributed by atoms with van der Waals surface area (Å²) in [5.74, 6) is 0.512. The molecule has 0 unspecified atom stereocenters. The van der Waals surface area contributed by atoms with Crippen molar-refractivity contribution in [3.05, 3.63) is 24.7 Å². The van der Waals surface area contributed by atoms with Crippen molar-refractivity contribution in [1.29, 1.82) is 0 Å². The second-order valence-corrected chi connectivity index (χ2v) is 3.10. The van der Waals surface area contributed by atoms with Gasteiger partial charge in [-0.25, -0.2) is 4.98 Å². The van der Waals surface area contributed by atoms with E-state index < -0.39 is 0 Å². The third kappa shape index (κ3) is 1.55. The molecule has 0 radical (unpaired) electrons. The molecule has 0 saturated carbocycles. The molecular formula is C8H7N3OS. The van der Waals surface area contributed by atoms with E-state index in [4.69, 9.17) is 4.52 Å². The highest BCUT2D eigenvalue weighted by molar-refractivity contribution is 7.98. The summed E-state index contributed by atoms with van der Waals surface area (Å²) in [6.45, 7) is 0. The van der Waals surface area contributed by atoms with Crippen LogP contribution in [0.3, 0.4) is 0 Å². The molecule has 2 rings (SSSR count). The van der Waals surface area contributed by atoms with Crippen molar-refractivity contribution in [1.82, 2.24) is 15.1 Å². The summed E-state index contributed by atoms with van der Waals surface area (Å²) in [5, 5.41) is 4.45. The van der Waals surface area contributed by atoms with Crippen molar-refractivity contribution < 1.29 is 4.52 Å². The third-order valence-corrected chi connectivity index (χ3v) is 2.27. The van der Waals surface area contributed by atoms with Gasteiger partial charge in [-0.15, -0.1) is 11.8 Å². The van der Waals surface area contributed by atoms with Crippen LogP contribution in [0.1, 0.15) is 0 Å². The summed E-state index contributed by atoms with van der Waals surface area (Å²) in [5.41, 5.74) is 0.882. The van der Waals surface area contributed by atoms with E-state index in [9.17, 15) is 0 Å². The summed E-state index contributed by atoms with van der Waals surface area (Å²) in [4.78, 5) is 8.15. The zero-order valence-electron chi connectivity index (χ0n) is 6.97. The average Bonchev–Trinajstić information content (AvgIpc) is 2.70. The molecule has 0 atom stereocenters. The Bertz CT molecular complexity index is 388. The molecule has 0 N–H and O–H groups in total. The number of rotatable bonds is 2. The van der Waals surface area contributed by atoms with Crippen molar-refractivity contribution >= 4 is 11.8 Å². The first-order valence-corrected chi connectivity index (χ1v) is 4.90. The van der Waals surface area contributed by atoms with Gasteiger partial charge in [0.1, 0.15) is 5.03 Å². The molecule has 0 fully saturated rings. The molecule has 0 aliphatic heterocycles.